The largest absolute Gasteiger partial charge is 0.461 e. The van der Waals surface area contributed by atoms with Gasteiger partial charge in [-0.25, -0.2) is 14.8 Å². The van der Waals surface area contributed by atoms with Gasteiger partial charge in [0, 0.05) is 47.0 Å². The van der Waals surface area contributed by atoms with E-state index in [0.717, 1.165) is 33.7 Å². The van der Waals surface area contributed by atoms with Crippen molar-refractivity contribution in [3.63, 3.8) is 0 Å². The van der Waals surface area contributed by atoms with Gasteiger partial charge in [0.25, 0.3) is 5.91 Å². The number of nitrogens with zero attached hydrogens (tertiary/aromatic N) is 5. The summed E-state index contributed by atoms with van der Waals surface area (Å²) in [7, 11) is 0. The molecular formula is C32H32N6O6S. The van der Waals surface area contributed by atoms with E-state index in [1.165, 1.54) is 0 Å². The number of ether oxygens (including phenoxy) is 3. The standard InChI is InChI=1S/C32H32N6O6S/c1-5-43-29(40)27-36-37-31(45-27)35-30(41)32(3,4)24-21-11-6-18(2)33-25(21)44-26-22(24)12-13-23(34-26)19-7-9-20(10-8-19)28(39)38-14-16-42-17-15-38/h6-13,24H,5,14-17H2,1-4H3,(H,35,37,41). The minimum absolute atomic E-state index is 0.0290. The zero-order valence-electron chi connectivity index (χ0n) is 25.3. The van der Waals surface area contributed by atoms with E-state index in [9.17, 15) is 14.4 Å². The molecule has 0 bridgehead atoms. The number of anilines is 1. The summed E-state index contributed by atoms with van der Waals surface area (Å²) in [5.74, 6) is -0.704. The van der Waals surface area contributed by atoms with Crippen LogP contribution in [-0.2, 0) is 14.3 Å². The zero-order chi connectivity index (χ0) is 31.7. The number of fused-ring (bicyclic) bond motifs is 2. The zero-order valence-corrected chi connectivity index (χ0v) is 26.1. The molecule has 1 unspecified atom stereocenters. The van der Waals surface area contributed by atoms with Gasteiger partial charge >= 0.3 is 5.97 Å². The first-order valence-electron chi connectivity index (χ1n) is 14.6. The van der Waals surface area contributed by atoms with Crippen molar-refractivity contribution in [3.8, 4) is 23.0 Å². The highest BCUT2D eigenvalue weighted by Crippen LogP contribution is 2.51. The molecule has 0 radical (unpaired) electrons. The Morgan fingerprint density at radius 2 is 1.67 bits per heavy atom. The first kappa shape index (κ1) is 30.3. The lowest BCUT2D eigenvalue weighted by molar-refractivity contribution is -0.124. The normalized spacial score (nSPS) is 15.8. The number of aryl methyl sites for hydroxylation is 1. The van der Waals surface area contributed by atoms with Crippen LogP contribution in [0.15, 0.2) is 48.5 Å². The molecule has 1 aromatic carbocycles. The number of pyridine rings is 2. The fourth-order valence-corrected chi connectivity index (χ4v) is 6.10. The van der Waals surface area contributed by atoms with Gasteiger partial charge in [-0.05, 0) is 38.1 Å². The second kappa shape index (κ2) is 12.3. The van der Waals surface area contributed by atoms with Crippen molar-refractivity contribution < 1.29 is 28.6 Å². The summed E-state index contributed by atoms with van der Waals surface area (Å²) < 4.78 is 16.6. The van der Waals surface area contributed by atoms with Crippen LogP contribution < -0.4 is 10.1 Å². The Labute approximate surface area is 263 Å². The van der Waals surface area contributed by atoms with Crippen molar-refractivity contribution in [1.82, 2.24) is 25.1 Å². The summed E-state index contributed by atoms with van der Waals surface area (Å²) in [6.07, 6.45) is 0. The van der Waals surface area contributed by atoms with E-state index in [4.69, 9.17) is 19.2 Å². The van der Waals surface area contributed by atoms with E-state index in [0.29, 0.717) is 49.3 Å². The Hall–Kier alpha value is -4.75. The lowest BCUT2D eigenvalue weighted by Gasteiger charge is -2.37. The van der Waals surface area contributed by atoms with Crippen LogP contribution in [0.5, 0.6) is 11.8 Å². The van der Waals surface area contributed by atoms with Gasteiger partial charge in [0.15, 0.2) is 0 Å². The minimum Gasteiger partial charge on any atom is -0.461 e. The van der Waals surface area contributed by atoms with Crippen molar-refractivity contribution in [2.24, 2.45) is 5.41 Å². The summed E-state index contributed by atoms with van der Waals surface area (Å²) >= 11 is 0.948. The van der Waals surface area contributed by atoms with Crippen molar-refractivity contribution in [2.75, 3.05) is 38.2 Å². The molecule has 232 valence electrons. The predicted molar refractivity (Wildman–Crippen MR) is 166 cm³/mol. The number of benzene rings is 1. The van der Waals surface area contributed by atoms with Crippen LogP contribution in [0.4, 0.5) is 5.13 Å². The Bertz CT molecular complexity index is 1770. The third kappa shape index (κ3) is 6.00. The number of carbonyl (C=O) groups excluding carboxylic acids is 3. The molecule has 1 fully saturated rings. The summed E-state index contributed by atoms with van der Waals surface area (Å²) in [5.41, 5.74) is 3.25. The third-order valence-corrected chi connectivity index (χ3v) is 8.68. The molecule has 1 N–H and O–H groups in total. The number of esters is 1. The highest BCUT2D eigenvalue weighted by Gasteiger charge is 2.45. The molecule has 0 aliphatic carbocycles. The molecule has 1 atom stereocenters. The lowest BCUT2D eigenvalue weighted by Crippen LogP contribution is -2.40. The first-order valence-corrected chi connectivity index (χ1v) is 15.4. The second-order valence-corrected chi connectivity index (χ2v) is 12.2. The van der Waals surface area contributed by atoms with Crippen molar-refractivity contribution >= 4 is 34.3 Å². The van der Waals surface area contributed by atoms with Gasteiger partial charge < -0.3 is 24.4 Å². The average Bonchev–Trinajstić information content (AvgIpc) is 3.52. The topological polar surface area (TPSA) is 146 Å². The summed E-state index contributed by atoms with van der Waals surface area (Å²) in [5, 5.41) is 10.9. The van der Waals surface area contributed by atoms with E-state index >= 15 is 0 Å². The van der Waals surface area contributed by atoms with E-state index in [2.05, 4.69) is 20.5 Å². The fourth-order valence-electron chi connectivity index (χ4n) is 5.47. The third-order valence-electron chi connectivity index (χ3n) is 7.86. The molecule has 45 heavy (non-hydrogen) atoms. The molecule has 6 rings (SSSR count). The molecule has 2 amide bonds. The molecule has 1 saturated heterocycles. The number of hydrogen-bond donors (Lipinski definition) is 1. The maximum absolute atomic E-state index is 13.8. The van der Waals surface area contributed by atoms with Gasteiger partial charge in [0.1, 0.15) is 0 Å². The first-order chi connectivity index (χ1) is 21.7. The molecule has 3 aromatic heterocycles. The van der Waals surface area contributed by atoms with Gasteiger partial charge in [-0.3, -0.25) is 9.59 Å². The highest BCUT2D eigenvalue weighted by atomic mass is 32.1. The number of rotatable bonds is 7. The van der Waals surface area contributed by atoms with E-state index < -0.39 is 17.3 Å². The van der Waals surface area contributed by atoms with E-state index in [-0.39, 0.29) is 28.6 Å². The molecule has 12 nitrogen and oxygen atoms in total. The van der Waals surface area contributed by atoms with Crippen LogP contribution in [0, 0.1) is 12.3 Å². The van der Waals surface area contributed by atoms with Gasteiger partial charge in [0.05, 0.1) is 30.9 Å². The molecular weight excluding hydrogens is 596 g/mol. The monoisotopic (exact) mass is 628 g/mol. The van der Waals surface area contributed by atoms with Crippen LogP contribution in [0.3, 0.4) is 0 Å². The molecule has 4 aromatic rings. The Morgan fingerprint density at radius 3 is 2.38 bits per heavy atom. The Morgan fingerprint density at radius 1 is 0.978 bits per heavy atom. The maximum Gasteiger partial charge on any atom is 0.369 e. The molecule has 5 heterocycles. The number of amides is 2. The van der Waals surface area contributed by atoms with Gasteiger partial charge in [0.2, 0.25) is 27.8 Å². The van der Waals surface area contributed by atoms with Crippen LogP contribution >= 0.6 is 11.3 Å². The summed E-state index contributed by atoms with van der Waals surface area (Å²) in [6.45, 7) is 9.66. The van der Waals surface area contributed by atoms with Crippen LogP contribution in [0.2, 0.25) is 0 Å². The maximum atomic E-state index is 13.8. The van der Waals surface area contributed by atoms with Crippen LogP contribution in [0.25, 0.3) is 11.3 Å². The minimum atomic E-state index is -1.04. The molecule has 0 spiro atoms. The summed E-state index contributed by atoms with van der Waals surface area (Å²) in [6, 6.07) is 14.9. The fraction of sp³-hybridized carbons (Fsp3) is 0.344. The Balaban J connectivity index is 1.29. The van der Waals surface area contributed by atoms with Crippen molar-refractivity contribution in [3.05, 3.63) is 75.9 Å². The van der Waals surface area contributed by atoms with Crippen molar-refractivity contribution in [2.45, 2.75) is 33.6 Å². The highest BCUT2D eigenvalue weighted by molar-refractivity contribution is 7.17. The average molecular weight is 629 g/mol. The number of aromatic nitrogens is 4. The molecule has 13 heteroatoms. The quantitative estimate of drug-likeness (QED) is 0.282. The number of hydrogen-bond acceptors (Lipinski definition) is 11. The predicted octanol–water partition coefficient (Wildman–Crippen LogP) is 4.86. The molecule has 2 aliphatic rings. The van der Waals surface area contributed by atoms with Crippen LogP contribution in [0.1, 0.15) is 63.7 Å². The summed E-state index contributed by atoms with van der Waals surface area (Å²) in [4.78, 5) is 50.0. The SMILES string of the molecule is CCOC(=O)c1nnc(NC(=O)C(C)(C)C2c3ccc(C)nc3Oc3nc(-c4ccc(C(=O)N5CCOCC5)cc4)ccc32)s1. The van der Waals surface area contributed by atoms with E-state index in [1.54, 1.807) is 24.0 Å². The molecule has 0 saturated carbocycles. The number of morpholine rings is 1. The van der Waals surface area contributed by atoms with Crippen molar-refractivity contribution in [1.29, 1.82) is 0 Å². The molecule has 2 aliphatic heterocycles. The van der Waals surface area contributed by atoms with Crippen LogP contribution in [-0.4, -0.2) is 75.8 Å². The lowest BCUT2D eigenvalue weighted by atomic mass is 9.70. The van der Waals surface area contributed by atoms with E-state index in [1.807, 2.05) is 57.2 Å². The number of nitrogens with one attached hydrogen (secondary N) is 1. The van der Waals surface area contributed by atoms with Gasteiger partial charge in [-0.1, -0.05) is 49.4 Å². The number of carbonyl (C=O) groups is 3. The smallest absolute Gasteiger partial charge is 0.369 e. The Kier molecular flexibility index (Phi) is 8.30. The second-order valence-electron chi connectivity index (χ2n) is 11.3. The van der Waals surface area contributed by atoms with Gasteiger partial charge in [-0.2, -0.15) is 0 Å². The van der Waals surface area contributed by atoms with Gasteiger partial charge in [-0.15, -0.1) is 10.2 Å².